The van der Waals surface area contributed by atoms with Crippen molar-refractivity contribution in [1.29, 1.82) is 0 Å². The molecule has 2 aromatic rings. The predicted octanol–water partition coefficient (Wildman–Crippen LogP) is 2.79. The molecule has 0 N–H and O–H groups in total. The second kappa shape index (κ2) is 6.99. The maximum atomic E-state index is 12.8. The van der Waals surface area contributed by atoms with E-state index in [-0.39, 0.29) is 18.1 Å². The predicted molar refractivity (Wildman–Crippen MR) is 92.0 cm³/mol. The van der Waals surface area contributed by atoms with Crippen LogP contribution in [0.25, 0.3) is 0 Å². The van der Waals surface area contributed by atoms with Crippen molar-refractivity contribution in [3.63, 3.8) is 0 Å². The maximum absolute atomic E-state index is 12.8. The summed E-state index contributed by atoms with van der Waals surface area (Å²) in [5, 5.41) is 1.82. The molecule has 0 bridgehead atoms. The second-order valence-corrected chi connectivity index (χ2v) is 7.32. The molecular formula is C18H21N3O2S. The van der Waals surface area contributed by atoms with Crippen molar-refractivity contribution < 1.29 is 9.53 Å². The highest BCUT2D eigenvalue weighted by Gasteiger charge is 2.39. The minimum atomic E-state index is 0.0211. The fourth-order valence-electron chi connectivity index (χ4n) is 3.28. The molecule has 4 rings (SSSR count). The van der Waals surface area contributed by atoms with Gasteiger partial charge in [0.05, 0.1) is 17.7 Å². The van der Waals surface area contributed by atoms with Gasteiger partial charge in [0, 0.05) is 30.9 Å². The lowest BCUT2D eigenvalue weighted by Crippen LogP contribution is -2.42. The normalized spacial score (nSPS) is 23.6. The summed E-state index contributed by atoms with van der Waals surface area (Å²) in [6.45, 7) is 1.57. The van der Waals surface area contributed by atoms with Crippen LogP contribution in [0.3, 0.4) is 0 Å². The first-order chi connectivity index (χ1) is 11.8. The zero-order valence-electron chi connectivity index (χ0n) is 13.5. The molecule has 126 valence electrons. The number of carbonyl (C=O) groups is 1. The van der Waals surface area contributed by atoms with Crippen LogP contribution in [0.15, 0.2) is 35.4 Å². The number of aromatic nitrogens is 2. The molecule has 5 nitrogen and oxygen atoms in total. The van der Waals surface area contributed by atoms with E-state index in [1.54, 1.807) is 17.9 Å². The van der Waals surface area contributed by atoms with Crippen LogP contribution in [-0.4, -0.2) is 46.1 Å². The van der Waals surface area contributed by atoms with Crippen LogP contribution in [-0.2, 0) is 11.2 Å². The standard InChI is InChI=1S/C18H21N3O2S/c22-18(15-11-24-12-20-15)21-8-5-17(23-10-14-1-2-14)16(21)9-13-3-6-19-7-4-13/h3-4,6-7,11-12,14,16-17H,1-2,5,8-10H2/t16-,17-/m0/s1. The molecule has 2 aliphatic rings. The first-order valence-corrected chi connectivity index (χ1v) is 9.45. The number of hydrogen-bond donors (Lipinski definition) is 0. The van der Waals surface area contributed by atoms with Crippen LogP contribution < -0.4 is 0 Å². The molecule has 24 heavy (non-hydrogen) atoms. The van der Waals surface area contributed by atoms with Gasteiger partial charge in [0.1, 0.15) is 5.69 Å². The van der Waals surface area contributed by atoms with Gasteiger partial charge in [-0.1, -0.05) is 0 Å². The highest BCUT2D eigenvalue weighted by molar-refractivity contribution is 7.07. The van der Waals surface area contributed by atoms with Crippen molar-refractivity contribution in [2.75, 3.05) is 13.2 Å². The Morgan fingerprint density at radius 2 is 2.12 bits per heavy atom. The monoisotopic (exact) mass is 343 g/mol. The summed E-state index contributed by atoms with van der Waals surface area (Å²) in [6, 6.07) is 4.10. The molecule has 1 saturated carbocycles. The second-order valence-electron chi connectivity index (χ2n) is 6.60. The molecule has 2 aromatic heterocycles. The molecule has 1 aliphatic heterocycles. The Morgan fingerprint density at radius 3 is 2.83 bits per heavy atom. The van der Waals surface area contributed by atoms with E-state index in [1.807, 2.05) is 22.4 Å². The van der Waals surface area contributed by atoms with Crippen LogP contribution in [0.1, 0.15) is 35.3 Å². The van der Waals surface area contributed by atoms with Crippen LogP contribution in [0.2, 0.25) is 0 Å². The number of pyridine rings is 1. The van der Waals surface area contributed by atoms with E-state index >= 15 is 0 Å². The summed E-state index contributed by atoms with van der Waals surface area (Å²) in [4.78, 5) is 23.0. The number of rotatable bonds is 6. The third-order valence-electron chi connectivity index (χ3n) is 4.83. The third-order valence-corrected chi connectivity index (χ3v) is 5.42. The van der Waals surface area contributed by atoms with E-state index < -0.39 is 0 Å². The fourth-order valence-corrected chi connectivity index (χ4v) is 3.81. The van der Waals surface area contributed by atoms with Gasteiger partial charge in [-0.2, -0.15) is 0 Å². The van der Waals surface area contributed by atoms with Gasteiger partial charge in [0.2, 0.25) is 0 Å². The molecule has 6 heteroatoms. The molecule has 2 atom stereocenters. The molecular weight excluding hydrogens is 322 g/mol. The van der Waals surface area contributed by atoms with Crippen LogP contribution >= 0.6 is 11.3 Å². The lowest BCUT2D eigenvalue weighted by Gasteiger charge is -2.28. The number of nitrogens with zero attached hydrogens (tertiary/aromatic N) is 3. The quantitative estimate of drug-likeness (QED) is 0.809. The zero-order valence-corrected chi connectivity index (χ0v) is 14.3. The van der Waals surface area contributed by atoms with Crippen molar-refractivity contribution in [3.8, 4) is 0 Å². The van der Waals surface area contributed by atoms with E-state index in [1.165, 1.54) is 29.7 Å². The summed E-state index contributed by atoms with van der Waals surface area (Å²) >= 11 is 1.46. The first kappa shape index (κ1) is 15.7. The molecule has 0 radical (unpaired) electrons. The first-order valence-electron chi connectivity index (χ1n) is 8.51. The van der Waals surface area contributed by atoms with E-state index in [2.05, 4.69) is 9.97 Å². The van der Waals surface area contributed by atoms with Crippen molar-refractivity contribution >= 4 is 17.2 Å². The SMILES string of the molecule is O=C(c1cscn1)N1CC[C@H](OCC2CC2)[C@@H]1Cc1ccncc1. The highest BCUT2D eigenvalue weighted by Crippen LogP contribution is 2.32. The Morgan fingerprint density at radius 1 is 1.29 bits per heavy atom. The molecule has 2 fully saturated rings. The number of thiazole rings is 1. The van der Waals surface area contributed by atoms with Gasteiger partial charge >= 0.3 is 0 Å². The summed E-state index contributed by atoms with van der Waals surface area (Å²) < 4.78 is 6.18. The lowest BCUT2D eigenvalue weighted by molar-refractivity contribution is 0.0199. The molecule has 0 aromatic carbocycles. The zero-order chi connectivity index (χ0) is 16.4. The molecule has 3 heterocycles. The summed E-state index contributed by atoms with van der Waals surface area (Å²) in [6.07, 6.45) is 7.98. The van der Waals surface area contributed by atoms with E-state index in [9.17, 15) is 4.79 Å². The van der Waals surface area contributed by atoms with Crippen molar-refractivity contribution in [3.05, 3.63) is 46.7 Å². The number of ether oxygens (including phenoxy) is 1. The molecule has 1 saturated heterocycles. The molecule has 0 unspecified atom stereocenters. The largest absolute Gasteiger partial charge is 0.376 e. The third kappa shape index (κ3) is 3.49. The number of carbonyl (C=O) groups excluding carboxylic acids is 1. The van der Waals surface area contributed by atoms with Gasteiger partial charge in [0.15, 0.2) is 0 Å². The maximum Gasteiger partial charge on any atom is 0.273 e. The lowest BCUT2D eigenvalue weighted by atomic mass is 10.0. The van der Waals surface area contributed by atoms with Crippen LogP contribution in [0.4, 0.5) is 0 Å². The average molecular weight is 343 g/mol. The Labute approximate surface area is 145 Å². The summed E-state index contributed by atoms with van der Waals surface area (Å²) in [5.74, 6) is 0.752. The number of likely N-dealkylation sites (tertiary alicyclic amines) is 1. The molecule has 1 aliphatic carbocycles. The van der Waals surface area contributed by atoms with Gasteiger partial charge in [-0.05, 0) is 49.3 Å². The van der Waals surface area contributed by atoms with E-state index in [0.717, 1.165) is 31.9 Å². The fraction of sp³-hybridized carbons (Fsp3) is 0.500. The van der Waals surface area contributed by atoms with Gasteiger partial charge in [-0.3, -0.25) is 9.78 Å². The molecule has 0 spiro atoms. The van der Waals surface area contributed by atoms with E-state index in [4.69, 9.17) is 4.74 Å². The minimum Gasteiger partial charge on any atom is -0.376 e. The van der Waals surface area contributed by atoms with Crippen molar-refractivity contribution in [1.82, 2.24) is 14.9 Å². The van der Waals surface area contributed by atoms with Crippen LogP contribution in [0.5, 0.6) is 0 Å². The van der Waals surface area contributed by atoms with Gasteiger partial charge in [0.25, 0.3) is 5.91 Å². The highest BCUT2D eigenvalue weighted by atomic mass is 32.1. The molecule has 1 amide bonds. The summed E-state index contributed by atoms with van der Waals surface area (Å²) in [5.41, 5.74) is 3.44. The van der Waals surface area contributed by atoms with Gasteiger partial charge in [-0.15, -0.1) is 11.3 Å². The van der Waals surface area contributed by atoms with E-state index in [0.29, 0.717) is 5.69 Å². The number of amides is 1. The Bertz CT molecular complexity index is 673. The average Bonchev–Trinajstić information content (AvgIpc) is 3.12. The number of hydrogen-bond acceptors (Lipinski definition) is 5. The van der Waals surface area contributed by atoms with Crippen molar-refractivity contribution in [2.45, 2.75) is 37.8 Å². The smallest absolute Gasteiger partial charge is 0.273 e. The topological polar surface area (TPSA) is 55.3 Å². The Hall–Kier alpha value is -1.79. The van der Waals surface area contributed by atoms with Crippen LogP contribution in [0, 0.1) is 5.92 Å². The van der Waals surface area contributed by atoms with Crippen molar-refractivity contribution in [2.24, 2.45) is 5.92 Å². The van der Waals surface area contributed by atoms with Gasteiger partial charge < -0.3 is 9.64 Å². The Kier molecular flexibility index (Phi) is 4.58. The minimum absolute atomic E-state index is 0.0211. The Balaban J connectivity index is 1.51. The van der Waals surface area contributed by atoms with Gasteiger partial charge in [-0.25, -0.2) is 4.98 Å². The summed E-state index contributed by atoms with van der Waals surface area (Å²) in [7, 11) is 0.